The third-order valence-electron chi connectivity index (χ3n) is 4.84. The summed E-state index contributed by atoms with van der Waals surface area (Å²) in [4.78, 5) is 19.6. The molecule has 1 amide bonds. The molecule has 0 saturated carbocycles. The van der Waals surface area contributed by atoms with Crippen LogP contribution >= 0.6 is 28.1 Å². The first-order valence-electron chi connectivity index (χ1n) is 9.46. The van der Waals surface area contributed by atoms with Gasteiger partial charge in [0.25, 0.3) is 5.91 Å². The summed E-state index contributed by atoms with van der Waals surface area (Å²) in [6, 6.07) is 23.7. The molecule has 4 aromatic rings. The Morgan fingerprint density at radius 3 is 2.52 bits per heavy atom. The number of aromatic hydroxyl groups is 1. The third kappa shape index (κ3) is 4.57. The van der Waals surface area contributed by atoms with Crippen molar-refractivity contribution < 1.29 is 9.90 Å². The molecule has 1 aromatic heterocycles. The number of carbonyl (C=O) groups excluding carboxylic acids is 1. The van der Waals surface area contributed by atoms with E-state index in [4.69, 9.17) is 17.2 Å². The first-order chi connectivity index (χ1) is 14.9. The lowest BCUT2D eigenvalue weighted by molar-refractivity contribution is 0.0979. The van der Waals surface area contributed by atoms with Gasteiger partial charge in [0.2, 0.25) is 0 Å². The predicted octanol–water partition coefficient (Wildman–Crippen LogP) is 5.52. The quantitative estimate of drug-likeness (QED) is 0.369. The summed E-state index contributed by atoms with van der Waals surface area (Å²) >= 11 is 8.93. The van der Waals surface area contributed by atoms with E-state index in [1.807, 2.05) is 48.5 Å². The van der Waals surface area contributed by atoms with Crippen molar-refractivity contribution in [3.8, 4) is 17.0 Å². The number of nitrogens with zero attached hydrogens (tertiary/aromatic N) is 2. The SMILES string of the molecule is CN(C(=S)NC(=O)c1cc(-c2cccc(Br)c2)nc2ccccc12)c1ccc(O)cc1. The highest BCUT2D eigenvalue weighted by atomic mass is 79.9. The lowest BCUT2D eigenvalue weighted by Gasteiger charge is -2.21. The van der Waals surface area contributed by atoms with Gasteiger partial charge in [0.05, 0.1) is 16.8 Å². The number of para-hydroxylation sites is 1. The van der Waals surface area contributed by atoms with Crippen molar-refractivity contribution in [1.29, 1.82) is 0 Å². The fraction of sp³-hybridized carbons (Fsp3) is 0.0417. The van der Waals surface area contributed by atoms with E-state index in [0.717, 1.165) is 26.6 Å². The molecule has 0 radical (unpaired) electrons. The van der Waals surface area contributed by atoms with E-state index in [-0.39, 0.29) is 16.8 Å². The average Bonchev–Trinajstić information content (AvgIpc) is 2.78. The smallest absolute Gasteiger partial charge is 0.258 e. The largest absolute Gasteiger partial charge is 0.508 e. The Balaban J connectivity index is 1.68. The molecule has 0 spiro atoms. The second-order valence-corrected chi connectivity index (χ2v) is 8.22. The van der Waals surface area contributed by atoms with E-state index in [0.29, 0.717) is 11.3 Å². The number of amides is 1. The number of hydrogen-bond acceptors (Lipinski definition) is 4. The van der Waals surface area contributed by atoms with Gasteiger partial charge >= 0.3 is 0 Å². The molecule has 154 valence electrons. The lowest BCUT2D eigenvalue weighted by Crippen LogP contribution is -2.40. The van der Waals surface area contributed by atoms with Gasteiger partial charge in [-0.3, -0.25) is 10.1 Å². The van der Waals surface area contributed by atoms with Crippen molar-refractivity contribution in [2.24, 2.45) is 0 Å². The van der Waals surface area contributed by atoms with E-state index in [1.54, 1.807) is 42.3 Å². The van der Waals surface area contributed by atoms with Gasteiger partial charge in [0.1, 0.15) is 5.75 Å². The Kier molecular flexibility index (Phi) is 5.97. The first-order valence-corrected chi connectivity index (χ1v) is 10.7. The fourth-order valence-corrected chi connectivity index (χ4v) is 3.80. The number of anilines is 1. The van der Waals surface area contributed by atoms with E-state index < -0.39 is 0 Å². The molecule has 0 aliphatic rings. The molecule has 5 nitrogen and oxygen atoms in total. The minimum atomic E-state index is -0.314. The number of thiocarbonyl (C=S) groups is 1. The Morgan fingerprint density at radius 1 is 1.03 bits per heavy atom. The van der Waals surface area contributed by atoms with Crippen LogP contribution in [0.4, 0.5) is 5.69 Å². The fourth-order valence-electron chi connectivity index (χ4n) is 3.20. The maximum atomic E-state index is 13.2. The number of fused-ring (bicyclic) bond motifs is 1. The van der Waals surface area contributed by atoms with E-state index in [1.165, 1.54) is 0 Å². The zero-order valence-corrected chi connectivity index (χ0v) is 18.9. The average molecular weight is 492 g/mol. The van der Waals surface area contributed by atoms with E-state index in [9.17, 15) is 9.90 Å². The number of aromatic nitrogens is 1. The number of hydrogen-bond donors (Lipinski definition) is 2. The molecule has 31 heavy (non-hydrogen) atoms. The van der Waals surface area contributed by atoms with Gasteiger partial charge in [-0.1, -0.05) is 46.3 Å². The highest BCUT2D eigenvalue weighted by molar-refractivity contribution is 9.10. The van der Waals surface area contributed by atoms with Crippen LogP contribution in [0, 0.1) is 0 Å². The number of phenolic OH excluding ortho intramolecular Hbond substituents is 1. The van der Waals surface area contributed by atoms with Crippen LogP contribution in [0.3, 0.4) is 0 Å². The van der Waals surface area contributed by atoms with Crippen LogP contribution < -0.4 is 10.2 Å². The highest BCUT2D eigenvalue weighted by Crippen LogP contribution is 2.27. The van der Waals surface area contributed by atoms with Crippen LogP contribution in [0.15, 0.2) is 83.3 Å². The minimum Gasteiger partial charge on any atom is -0.508 e. The van der Waals surface area contributed by atoms with Crippen LogP contribution in [0.25, 0.3) is 22.2 Å². The van der Waals surface area contributed by atoms with Crippen molar-refractivity contribution >= 4 is 55.8 Å². The lowest BCUT2D eigenvalue weighted by atomic mass is 10.0. The molecule has 0 aliphatic carbocycles. The van der Waals surface area contributed by atoms with Crippen LogP contribution in [-0.4, -0.2) is 28.2 Å². The molecular weight excluding hydrogens is 474 g/mol. The molecule has 0 atom stereocenters. The van der Waals surface area contributed by atoms with Gasteiger partial charge in [-0.15, -0.1) is 0 Å². The standard InChI is InChI=1S/C24H18BrN3O2S/c1-28(17-9-11-18(29)12-10-17)24(31)27-23(30)20-14-22(15-5-4-6-16(25)13-15)26-21-8-3-2-7-19(20)21/h2-14,29H,1H3,(H,27,30,31). The summed E-state index contributed by atoms with van der Waals surface area (Å²) in [5, 5.41) is 13.3. The number of phenols is 1. The molecule has 0 saturated heterocycles. The summed E-state index contributed by atoms with van der Waals surface area (Å²) < 4.78 is 0.933. The minimum absolute atomic E-state index is 0.162. The molecule has 0 fully saturated rings. The van der Waals surface area contributed by atoms with Gasteiger partial charge in [0.15, 0.2) is 5.11 Å². The van der Waals surface area contributed by atoms with E-state index in [2.05, 4.69) is 21.2 Å². The summed E-state index contributed by atoms with van der Waals surface area (Å²) in [6.45, 7) is 0. The Labute approximate surface area is 193 Å². The summed E-state index contributed by atoms with van der Waals surface area (Å²) in [6.07, 6.45) is 0. The number of nitrogens with one attached hydrogen (secondary N) is 1. The van der Waals surface area contributed by atoms with Crippen molar-refractivity contribution in [2.45, 2.75) is 0 Å². The molecule has 7 heteroatoms. The van der Waals surface area contributed by atoms with Crippen LogP contribution in [-0.2, 0) is 0 Å². The van der Waals surface area contributed by atoms with E-state index >= 15 is 0 Å². The molecule has 0 bridgehead atoms. The summed E-state index contributed by atoms with van der Waals surface area (Å²) in [5.41, 5.74) is 3.56. The molecular formula is C24H18BrN3O2S. The predicted molar refractivity (Wildman–Crippen MR) is 131 cm³/mol. The van der Waals surface area contributed by atoms with Crippen molar-refractivity contribution in [3.05, 3.63) is 88.9 Å². The highest BCUT2D eigenvalue weighted by Gasteiger charge is 2.17. The second kappa shape index (κ2) is 8.83. The number of benzene rings is 3. The van der Waals surface area contributed by atoms with Crippen LogP contribution in [0.1, 0.15) is 10.4 Å². The Morgan fingerprint density at radius 2 is 1.77 bits per heavy atom. The molecule has 0 aliphatic heterocycles. The molecule has 0 unspecified atom stereocenters. The van der Waals surface area contributed by atoms with Gasteiger partial charge in [-0.2, -0.15) is 0 Å². The topological polar surface area (TPSA) is 65.5 Å². The summed E-state index contributed by atoms with van der Waals surface area (Å²) in [5.74, 6) is -0.152. The second-order valence-electron chi connectivity index (χ2n) is 6.92. The van der Waals surface area contributed by atoms with Gasteiger partial charge in [0, 0.05) is 28.2 Å². The maximum Gasteiger partial charge on any atom is 0.258 e. The van der Waals surface area contributed by atoms with Crippen LogP contribution in [0.2, 0.25) is 0 Å². The number of halogens is 1. The first kappa shape index (κ1) is 21.0. The third-order valence-corrected chi connectivity index (χ3v) is 5.71. The van der Waals surface area contributed by atoms with Crippen LogP contribution in [0.5, 0.6) is 5.75 Å². The number of pyridine rings is 1. The van der Waals surface area contributed by atoms with Gasteiger partial charge in [-0.05, 0) is 60.7 Å². The Bertz CT molecular complexity index is 1290. The number of rotatable bonds is 3. The molecule has 3 aromatic carbocycles. The zero-order chi connectivity index (χ0) is 22.0. The van der Waals surface area contributed by atoms with Crippen molar-refractivity contribution in [3.63, 3.8) is 0 Å². The molecule has 2 N–H and O–H groups in total. The van der Waals surface area contributed by atoms with Crippen molar-refractivity contribution in [2.75, 3.05) is 11.9 Å². The van der Waals surface area contributed by atoms with Gasteiger partial charge in [-0.25, -0.2) is 4.98 Å². The molecule has 1 heterocycles. The summed E-state index contributed by atoms with van der Waals surface area (Å²) in [7, 11) is 1.76. The zero-order valence-electron chi connectivity index (χ0n) is 16.5. The Hall–Kier alpha value is -3.29. The maximum absolute atomic E-state index is 13.2. The molecule has 4 rings (SSSR count). The van der Waals surface area contributed by atoms with Gasteiger partial charge < -0.3 is 10.0 Å². The van der Waals surface area contributed by atoms with Crippen molar-refractivity contribution in [1.82, 2.24) is 10.3 Å². The normalized spacial score (nSPS) is 10.6. The number of carbonyl (C=O) groups is 1. The monoisotopic (exact) mass is 491 g/mol.